The maximum Gasteiger partial charge on any atom is 0.243 e. The Morgan fingerprint density at radius 2 is 2.05 bits per heavy atom. The Labute approximate surface area is 111 Å². The van der Waals surface area contributed by atoms with Gasteiger partial charge in [-0.05, 0) is 18.2 Å². The maximum atomic E-state index is 13.2. The van der Waals surface area contributed by atoms with Crippen molar-refractivity contribution < 1.29 is 17.6 Å². The van der Waals surface area contributed by atoms with Crippen LogP contribution >= 0.6 is 0 Å². The number of nitrogen functional groups attached to an aromatic ring is 1. The number of hydrogen-bond donors (Lipinski definition) is 2. The highest BCUT2D eigenvalue weighted by Crippen LogP contribution is 2.19. The molecule has 0 bridgehead atoms. The lowest BCUT2D eigenvalue weighted by Gasteiger charge is -2.19. The monoisotopic (exact) mass is 289 g/mol. The third-order valence-corrected chi connectivity index (χ3v) is 4.38. The van der Waals surface area contributed by atoms with Gasteiger partial charge in [-0.15, -0.1) is 0 Å². The van der Waals surface area contributed by atoms with E-state index in [0.717, 1.165) is 22.5 Å². The Morgan fingerprint density at radius 1 is 1.42 bits per heavy atom. The molecule has 0 radical (unpaired) electrons. The number of likely N-dealkylation sites (N-methyl/N-ethyl adjacent to an activating group) is 2. The Bertz CT molecular complexity index is 554. The van der Waals surface area contributed by atoms with Crippen LogP contribution in [0.5, 0.6) is 0 Å². The second-order valence-electron chi connectivity index (χ2n) is 3.82. The molecule has 0 saturated heterocycles. The number of rotatable bonds is 5. The van der Waals surface area contributed by atoms with Crippen molar-refractivity contribution in [3.05, 3.63) is 24.0 Å². The van der Waals surface area contributed by atoms with Gasteiger partial charge in [-0.2, -0.15) is 4.31 Å². The number of hydrogen-bond acceptors (Lipinski definition) is 4. The van der Waals surface area contributed by atoms with E-state index in [2.05, 4.69) is 5.32 Å². The zero-order chi connectivity index (χ0) is 14.6. The van der Waals surface area contributed by atoms with E-state index < -0.39 is 21.7 Å². The fourth-order valence-corrected chi connectivity index (χ4v) is 2.96. The van der Waals surface area contributed by atoms with E-state index in [4.69, 9.17) is 5.73 Å². The van der Waals surface area contributed by atoms with E-state index in [-0.39, 0.29) is 23.7 Å². The minimum absolute atomic E-state index is 0.00886. The predicted octanol–water partition coefficient (Wildman–Crippen LogP) is 0.165. The zero-order valence-electron chi connectivity index (χ0n) is 10.7. The van der Waals surface area contributed by atoms with Crippen LogP contribution < -0.4 is 11.1 Å². The summed E-state index contributed by atoms with van der Waals surface area (Å²) in [5.74, 6) is -1.19. The van der Waals surface area contributed by atoms with Gasteiger partial charge in [-0.1, -0.05) is 6.92 Å². The number of nitrogens with one attached hydrogen (secondary N) is 1. The summed E-state index contributed by atoms with van der Waals surface area (Å²) >= 11 is 0. The van der Waals surface area contributed by atoms with Gasteiger partial charge in [0.25, 0.3) is 0 Å². The van der Waals surface area contributed by atoms with Crippen LogP contribution in [0.3, 0.4) is 0 Å². The number of carbonyl (C=O) groups excluding carboxylic acids is 1. The summed E-state index contributed by atoms with van der Waals surface area (Å²) in [5.41, 5.74) is 5.43. The highest BCUT2D eigenvalue weighted by atomic mass is 32.2. The number of benzene rings is 1. The molecule has 0 atom stereocenters. The van der Waals surface area contributed by atoms with Crippen LogP contribution in [0.15, 0.2) is 23.1 Å². The lowest BCUT2D eigenvalue weighted by molar-refractivity contribution is -0.120. The van der Waals surface area contributed by atoms with Gasteiger partial charge in [0.2, 0.25) is 15.9 Å². The molecule has 19 heavy (non-hydrogen) atoms. The lowest BCUT2D eigenvalue weighted by Crippen LogP contribution is -2.39. The SMILES string of the molecule is CCN(CC(=O)NC)S(=O)(=O)c1cc(N)cc(F)c1. The Balaban J connectivity index is 3.16. The molecule has 0 aliphatic carbocycles. The van der Waals surface area contributed by atoms with Gasteiger partial charge in [0.15, 0.2) is 0 Å². The number of nitrogens with two attached hydrogens (primary N) is 1. The first kappa shape index (κ1) is 15.4. The van der Waals surface area contributed by atoms with E-state index in [1.807, 2.05) is 0 Å². The normalized spacial score (nSPS) is 11.6. The molecule has 8 heteroatoms. The molecule has 0 aliphatic heterocycles. The van der Waals surface area contributed by atoms with Crippen LogP contribution in [-0.2, 0) is 14.8 Å². The summed E-state index contributed by atoms with van der Waals surface area (Å²) in [4.78, 5) is 11.0. The first-order valence-corrected chi connectivity index (χ1v) is 7.02. The number of nitrogens with zero attached hydrogens (tertiary/aromatic N) is 1. The van der Waals surface area contributed by atoms with Crippen LogP contribution in [0.2, 0.25) is 0 Å². The van der Waals surface area contributed by atoms with Crippen LogP contribution in [0, 0.1) is 5.82 Å². The van der Waals surface area contributed by atoms with E-state index in [1.165, 1.54) is 7.05 Å². The predicted molar refractivity (Wildman–Crippen MR) is 69.3 cm³/mol. The van der Waals surface area contributed by atoms with Crippen molar-refractivity contribution in [3.8, 4) is 0 Å². The van der Waals surface area contributed by atoms with Gasteiger partial charge in [-0.25, -0.2) is 12.8 Å². The molecule has 0 unspecified atom stereocenters. The summed E-state index contributed by atoms with van der Waals surface area (Å²) in [5, 5.41) is 2.33. The molecule has 0 saturated carbocycles. The van der Waals surface area contributed by atoms with Crippen molar-refractivity contribution in [1.82, 2.24) is 9.62 Å². The van der Waals surface area contributed by atoms with Crippen molar-refractivity contribution in [3.63, 3.8) is 0 Å². The molecule has 1 amide bonds. The minimum Gasteiger partial charge on any atom is -0.399 e. The molecule has 0 spiro atoms. The van der Waals surface area contributed by atoms with Crippen LogP contribution in [0.1, 0.15) is 6.92 Å². The Morgan fingerprint density at radius 3 is 2.53 bits per heavy atom. The first-order valence-electron chi connectivity index (χ1n) is 5.58. The quantitative estimate of drug-likeness (QED) is 0.755. The molecule has 3 N–H and O–H groups in total. The van der Waals surface area contributed by atoms with Gasteiger partial charge < -0.3 is 11.1 Å². The first-order chi connectivity index (χ1) is 8.81. The van der Waals surface area contributed by atoms with Crippen LogP contribution in [0.25, 0.3) is 0 Å². The van der Waals surface area contributed by atoms with Crippen LogP contribution in [-0.4, -0.2) is 38.8 Å². The number of sulfonamides is 1. The smallest absolute Gasteiger partial charge is 0.243 e. The van der Waals surface area contributed by atoms with Gasteiger partial charge >= 0.3 is 0 Å². The zero-order valence-corrected chi connectivity index (χ0v) is 11.5. The Kier molecular flexibility index (Phi) is 4.84. The Hall–Kier alpha value is -1.67. The molecule has 1 aromatic rings. The molecule has 0 aliphatic rings. The molecule has 0 fully saturated rings. The van der Waals surface area contributed by atoms with Crippen molar-refractivity contribution in [2.45, 2.75) is 11.8 Å². The van der Waals surface area contributed by atoms with Gasteiger partial charge in [0.05, 0.1) is 11.4 Å². The molecular formula is C11H16FN3O3S. The van der Waals surface area contributed by atoms with E-state index in [9.17, 15) is 17.6 Å². The average Bonchev–Trinajstić information content (AvgIpc) is 2.34. The van der Waals surface area contributed by atoms with E-state index in [1.54, 1.807) is 6.92 Å². The summed E-state index contributed by atoms with van der Waals surface area (Å²) in [7, 11) is -2.54. The largest absolute Gasteiger partial charge is 0.399 e. The van der Waals surface area contributed by atoms with Gasteiger partial charge in [0, 0.05) is 19.3 Å². The average molecular weight is 289 g/mol. The van der Waals surface area contributed by atoms with Gasteiger partial charge in [-0.3, -0.25) is 4.79 Å². The van der Waals surface area contributed by atoms with Crippen molar-refractivity contribution >= 4 is 21.6 Å². The summed E-state index contributed by atoms with van der Waals surface area (Å²) in [6, 6.07) is 3.05. The second kappa shape index (κ2) is 5.98. The van der Waals surface area contributed by atoms with Crippen LogP contribution in [0.4, 0.5) is 10.1 Å². The van der Waals surface area contributed by atoms with Crippen molar-refractivity contribution in [2.75, 3.05) is 25.9 Å². The topological polar surface area (TPSA) is 92.5 Å². The minimum atomic E-state index is -3.95. The van der Waals surface area contributed by atoms with Crippen molar-refractivity contribution in [1.29, 1.82) is 0 Å². The van der Waals surface area contributed by atoms with E-state index >= 15 is 0 Å². The maximum absolute atomic E-state index is 13.2. The third kappa shape index (κ3) is 3.65. The number of anilines is 1. The molecule has 106 valence electrons. The number of carbonyl (C=O) groups is 1. The third-order valence-electron chi connectivity index (χ3n) is 2.48. The fourth-order valence-electron chi connectivity index (χ4n) is 1.49. The molecule has 1 rings (SSSR count). The highest BCUT2D eigenvalue weighted by molar-refractivity contribution is 7.89. The molecule has 0 aromatic heterocycles. The molecular weight excluding hydrogens is 273 g/mol. The molecule has 1 aromatic carbocycles. The summed E-state index contributed by atoms with van der Waals surface area (Å²) in [6.45, 7) is 1.35. The standard InChI is InChI=1S/C11H16FN3O3S/c1-3-15(7-11(16)14-2)19(17,18)10-5-8(12)4-9(13)6-10/h4-6H,3,7,13H2,1-2H3,(H,14,16). The lowest BCUT2D eigenvalue weighted by atomic mass is 10.3. The summed E-state index contributed by atoms with van der Waals surface area (Å²) in [6.07, 6.45) is 0. The number of amides is 1. The molecule has 0 heterocycles. The van der Waals surface area contributed by atoms with E-state index in [0.29, 0.717) is 0 Å². The summed E-state index contributed by atoms with van der Waals surface area (Å²) < 4.78 is 38.6. The second-order valence-corrected chi connectivity index (χ2v) is 5.76. The number of halogens is 1. The van der Waals surface area contributed by atoms with Gasteiger partial charge in [0.1, 0.15) is 5.82 Å². The molecule has 6 nitrogen and oxygen atoms in total. The van der Waals surface area contributed by atoms with Crippen molar-refractivity contribution in [2.24, 2.45) is 0 Å². The fraction of sp³-hybridized carbons (Fsp3) is 0.364. The highest BCUT2D eigenvalue weighted by Gasteiger charge is 2.25.